The number of benzene rings is 1. The van der Waals surface area contributed by atoms with E-state index in [1.807, 2.05) is 12.1 Å². The number of aromatic nitrogens is 1. The number of amides is 2. The molecule has 2 amide bonds. The smallest absolute Gasteiger partial charge is 0.248 e. The van der Waals surface area contributed by atoms with E-state index in [1.165, 1.54) is 0 Å². The molecule has 3 rings (SSSR count). The van der Waals surface area contributed by atoms with Crippen LogP contribution in [0.3, 0.4) is 0 Å². The van der Waals surface area contributed by atoms with Crippen LogP contribution in [0.5, 0.6) is 0 Å². The van der Waals surface area contributed by atoms with Crippen LogP contribution in [0.25, 0.3) is 0 Å². The number of pyridine rings is 1. The van der Waals surface area contributed by atoms with Gasteiger partial charge in [0.05, 0.1) is 17.8 Å². The number of hydrogen-bond acceptors (Lipinski definition) is 5. The summed E-state index contributed by atoms with van der Waals surface area (Å²) in [6, 6.07) is 9.17. The van der Waals surface area contributed by atoms with Gasteiger partial charge in [-0.2, -0.15) is 0 Å². The lowest BCUT2D eigenvalue weighted by atomic mass is 10.1. The van der Waals surface area contributed by atoms with Crippen LogP contribution in [0.1, 0.15) is 12.0 Å². The summed E-state index contributed by atoms with van der Waals surface area (Å²) in [6.07, 6.45) is 3.71. The molecule has 0 saturated heterocycles. The first-order valence-electron chi connectivity index (χ1n) is 8.05. The first-order chi connectivity index (χ1) is 12.6. The van der Waals surface area contributed by atoms with Crippen LogP contribution < -0.4 is 14.9 Å². The monoisotopic (exact) mass is 374 g/mol. The number of para-hydroxylation sites is 2. The highest BCUT2D eigenvalue weighted by Crippen LogP contribution is 2.32. The zero-order valence-electron chi connectivity index (χ0n) is 13.8. The Morgan fingerprint density at radius 1 is 1.19 bits per heavy atom. The fourth-order valence-electron chi connectivity index (χ4n) is 2.80. The lowest BCUT2D eigenvalue weighted by Gasteiger charge is -2.33. The molecule has 136 valence electrons. The number of fused-ring (bicyclic) bond motifs is 1. The average Bonchev–Trinajstić information content (AvgIpc) is 2.63. The lowest BCUT2D eigenvalue weighted by Crippen LogP contribution is -2.49. The Morgan fingerprint density at radius 2 is 1.92 bits per heavy atom. The lowest BCUT2D eigenvalue weighted by molar-refractivity contribution is -0.125. The summed E-state index contributed by atoms with van der Waals surface area (Å²) < 4.78 is 24.4. The predicted octanol–water partition coefficient (Wildman–Crippen LogP) is 0.484. The number of rotatable bonds is 6. The maximum absolute atomic E-state index is 12.3. The topological polar surface area (TPSA) is 108 Å². The van der Waals surface area contributed by atoms with Crippen LogP contribution in [0.4, 0.5) is 11.4 Å². The van der Waals surface area contributed by atoms with Gasteiger partial charge in [-0.05, 0) is 36.2 Å². The Hall–Kier alpha value is -2.94. The summed E-state index contributed by atoms with van der Waals surface area (Å²) in [5.74, 6) is -0.910. The van der Waals surface area contributed by atoms with E-state index in [4.69, 9.17) is 0 Å². The van der Waals surface area contributed by atoms with Gasteiger partial charge in [-0.25, -0.2) is 8.42 Å². The minimum absolute atomic E-state index is 0.250. The average molecular weight is 374 g/mol. The van der Waals surface area contributed by atoms with Crippen LogP contribution in [0.2, 0.25) is 0 Å². The number of carbonyl (C=O) groups is 2. The highest BCUT2D eigenvalue weighted by molar-refractivity contribution is 7.74. The van der Waals surface area contributed by atoms with Crippen LogP contribution in [0.15, 0.2) is 48.8 Å². The van der Waals surface area contributed by atoms with E-state index in [0.29, 0.717) is 24.3 Å². The largest absolute Gasteiger partial charge is 0.356 e. The standard InChI is InChI=1S/C17H18N4O4S/c22-16(19-10-7-12-5-8-18-9-6-12)11-15-17(23)20-13-3-1-2-4-14(13)21(15)26(24)25/h1-6,8-9,15,26H,7,10-11H2,(H,19,22)(H,20,23). The SMILES string of the molecule is O=C(CC1C(=O)Nc2ccccc2N1[SH](=O)=O)NCCc1ccncc1. The molecule has 0 bridgehead atoms. The Balaban J connectivity index is 1.66. The molecular weight excluding hydrogens is 356 g/mol. The van der Waals surface area contributed by atoms with Crippen LogP contribution in [-0.2, 0) is 26.9 Å². The first-order valence-corrected chi connectivity index (χ1v) is 9.18. The summed E-state index contributed by atoms with van der Waals surface area (Å²) in [6.45, 7) is 0.386. The number of nitrogens with zero attached hydrogens (tertiary/aromatic N) is 2. The quantitative estimate of drug-likeness (QED) is 0.638. The molecule has 0 fully saturated rings. The van der Waals surface area contributed by atoms with E-state index in [9.17, 15) is 18.0 Å². The van der Waals surface area contributed by atoms with Crippen molar-refractivity contribution >= 4 is 34.1 Å². The number of nitrogens with one attached hydrogen (secondary N) is 2. The number of carbonyl (C=O) groups excluding carboxylic acids is 2. The molecule has 1 unspecified atom stereocenters. The summed E-state index contributed by atoms with van der Waals surface area (Å²) in [5, 5.41) is 5.37. The molecule has 0 saturated carbocycles. The van der Waals surface area contributed by atoms with Gasteiger partial charge in [0.2, 0.25) is 22.7 Å². The minimum atomic E-state index is -3.07. The molecule has 26 heavy (non-hydrogen) atoms. The molecule has 1 aliphatic rings. The molecule has 2 heterocycles. The number of hydrogen-bond donors (Lipinski definition) is 3. The van der Waals surface area contributed by atoms with Gasteiger partial charge in [0.25, 0.3) is 0 Å². The highest BCUT2D eigenvalue weighted by atomic mass is 32.2. The molecule has 0 aliphatic carbocycles. The Kier molecular flexibility index (Phi) is 5.47. The molecule has 1 aliphatic heterocycles. The maximum atomic E-state index is 12.3. The summed E-state index contributed by atoms with van der Waals surface area (Å²) in [5.41, 5.74) is 1.79. The number of thiol groups is 1. The van der Waals surface area contributed by atoms with E-state index < -0.39 is 22.8 Å². The van der Waals surface area contributed by atoms with Gasteiger partial charge in [0, 0.05) is 18.9 Å². The van der Waals surface area contributed by atoms with Crippen molar-refractivity contribution in [2.75, 3.05) is 16.2 Å². The number of anilines is 2. The second-order valence-corrected chi connectivity index (χ2v) is 6.67. The van der Waals surface area contributed by atoms with Crippen LogP contribution in [0, 0.1) is 0 Å². The second kappa shape index (κ2) is 7.96. The van der Waals surface area contributed by atoms with Crippen molar-refractivity contribution in [2.24, 2.45) is 0 Å². The fraction of sp³-hybridized carbons (Fsp3) is 0.235. The fourth-order valence-corrected chi connectivity index (χ4v) is 3.56. The third-order valence-electron chi connectivity index (χ3n) is 4.05. The van der Waals surface area contributed by atoms with Crippen molar-refractivity contribution in [2.45, 2.75) is 18.9 Å². The third-order valence-corrected chi connectivity index (χ3v) is 4.89. The molecular formula is C17H18N4O4S. The van der Waals surface area contributed by atoms with Gasteiger partial charge in [0.15, 0.2) is 0 Å². The van der Waals surface area contributed by atoms with E-state index >= 15 is 0 Å². The van der Waals surface area contributed by atoms with Crippen LogP contribution >= 0.6 is 0 Å². The maximum Gasteiger partial charge on any atom is 0.248 e. The van der Waals surface area contributed by atoms with Gasteiger partial charge in [0.1, 0.15) is 6.04 Å². The molecule has 1 atom stereocenters. The van der Waals surface area contributed by atoms with E-state index in [0.717, 1.165) is 9.87 Å². The molecule has 1 aromatic heterocycles. The van der Waals surface area contributed by atoms with E-state index in [2.05, 4.69) is 15.6 Å². The minimum Gasteiger partial charge on any atom is -0.356 e. The molecule has 0 spiro atoms. The van der Waals surface area contributed by atoms with Crippen molar-refractivity contribution in [3.63, 3.8) is 0 Å². The zero-order chi connectivity index (χ0) is 18.5. The Morgan fingerprint density at radius 3 is 2.65 bits per heavy atom. The summed E-state index contributed by atoms with van der Waals surface area (Å²) in [7, 11) is -3.07. The second-order valence-electron chi connectivity index (χ2n) is 5.76. The Bertz CT molecular complexity index is 877. The van der Waals surface area contributed by atoms with Crippen molar-refractivity contribution in [1.82, 2.24) is 10.3 Å². The molecule has 9 heteroatoms. The van der Waals surface area contributed by atoms with Gasteiger partial charge in [-0.15, -0.1) is 0 Å². The van der Waals surface area contributed by atoms with Gasteiger partial charge in [-0.3, -0.25) is 18.9 Å². The Labute approximate surface area is 152 Å². The van der Waals surface area contributed by atoms with Gasteiger partial charge in [-0.1, -0.05) is 12.1 Å². The van der Waals surface area contributed by atoms with Crippen molar-refractivity contribution in [3.8, 4) is 0 Å². The molecule has 1 aromatic carbocycles. The van der Waals surface area contributed by atoms with E-state index in [1.54, 1.807) is 36.7 Å². The van der Waals surface area contributed by atoms with Gasteiger partial charge >= 0.3 is 0 Å². The first kappa shape index (κ1) is 17.9. The van der Waals surface area contributed by atoms with Crippen LogP contribution in [-0.4, -0.2) is 37.8 Å². The zero-order valence-corrected chi connectivity index (χ0v) is 14.7. The molecule has 2 aromatic rings. The van der Waals surface area contributed by atoms with Crippen molar-refractivity contribution in [1.29, 1.82) is 0 Å². The van der Waals surface area contributed by atoms with Gasteiger partial charge < -0.3 is 10.6 Å². The normalized spacial score (nSPS) is 16.1. The third kappa shape index (κ3) is 3.99. The van der Waals surface area contributed by atoms with Crippen molar-refractivity contribution in [3.05, 3.63) is 54.4 Å². The molecule has 8 nitrogen and oxygen atoms in total. The summed E-state index contributed by atoms with van der Waals surface area (Å²) in [4.78, 5) is 28.4. The van der Waals surface area contributed by atoms with Crippen molar-refractivity contribution < 1.29 is 18.0 Å². The highest BCUT2D eigenvalue weighted by Gasteiger charge is 2.36. The molecule has 2 N–H and O–H groups in total. The van der Waals surface area contributed by atoms with E-state index in [-0.39, 0.29) is 12.3 Å². The summed E-state index contributed by atoms with van der Waals surface area (Å²) >= 11 is 0. The molecule has 0 radical (unpaired) electrons. The predicted molar refractivity (Wildman–Crippen MR) is 97.2 cm³/mol.